The highest BCUT2D eigenvalue weighted by Gasteiger charge is 2.30. The number of rotatable bonds is 6. The van der Waals surface area contributed by atoms with Crippen molar-refractivity contribution in [1.29, 1.82) is 0 Å². The fraction of sp³-hybridized carbons (Fsp3) is 0.188. The largest absolute Gasteiger partial charge is 0.573 e. The molecular formula is C16H13F3O3. The number of carbonyl (C=O) groups is 1. The van der Waals surface area contributed by atoms with Crippen LogP contribution in [0.25, 0.3) is 6.08 Å². The minimum absolute atomic E-state index is 0.0907. The van der Waals surface area contributed by atoms with Gasteiger partial charge >= 0.3 is 6.36 Å². The van der Waals surface area contributed by atoms with Crippen molar-refractivity contribution in [2.45, 2.75) is 19.2 Å². The topological polar surface area (TPSA) is 39.4 Å². The molecule has 0 aliphatic rings. The molecule has 0 saturated carbocycles. The molecule has 0 atom stereocenters. The van der Waals surface area contributed by atoms with Crippen molar-refractivity contribution in [1.82, 2.24) is 0 Å². The Morgan fingerprint density at radius 2 is 1.91 bits per heavy atom. The molecule has 0 fully saturated rings. The van der Waals surface area contributed by atoms with Crippen LogP contribution >= 0.6 is 0 Å². The highest BCUT2D eigenvalue weighted by Crippen LogP contribution is 2.23. The van der Waals surface area contributed by atoms with E-state index in [2.05, 4.69) is 4.74 Å². The molecule has 116 valence electrons. The number of hydrogen-bond donors (Lipinski definition) is 0. The standard InChI is InChI=1S/C16H13F3O3/c17-16(18,19)22-15-8-4-12(5-9-15)3-6-13(20)7-10-14-2-1-11-21-14/h1-6,8-9,11H,7,10H2/b6-3+. The van der Waals surface area contributed by atoms with Crippen LogP contribution in [-0.4, -0.2) is 12.1 Å². The van der Waals surface area contributed by atoms with E-state index in [-0.39, 0.29) is 11.5 Å². The number of ether oxygens (including phenoxy) is 1. The van der Waals surface area contributed by atoms with Crippen molar-refractivity contribution < 1.29 is 27.1 Å². The van der Waals surface area contributed by atoms with Crippen LogP contribution in [0.2, 0.25) is 0 Å². The van der Waals surface area contributed by atoms with Crippen molar-refractivity contribution >= 4 is 11.9 Å². The molecule has 2 aromatic rings. The SMILES string of the molecule is O=C(/C=C/c1ccc(OC(F)(F)F)cc1)CCc1ccco1. The lowest BCUT2D eigenvalue weighted by atomic mass is 10.1. The van der Waals surface area contributed by atoms with Crippen LogP contribution in [0.15, 0.2) is 53.2 Å². The maximum absolute atomic E-state index is 12.0. The lowest BCUT2D eigenvalue weighted by Crippen LogP contribution is -2.16. The van der Waals surface area contributed by atoms with Gasteiger partial charge in [0, 0.05) is 12.8 Å². The molecule has 1 aromatic carbocycles. The van der Waals surface area contributed by atoms with Gasteiger partial charge in [0.15, 0.2) is 5.78 Å². The van der Waals surface area contributed by atoms with E-state index in [0.717, 1.165) is 5.76 Å². The highest BCUT2D eigenvalue weighted by atomic mass is 19.4. The van der Waals surface area contributed by atoms with Crippen LogP contribution in [-0.2, 0) is 11.2 Å². The molecule has 22 heavy (non-hydrogen) atoms. The maximum atomic E-state index is 12.0. The number of allylic oxidation sites excluding steroid dienone is 1. The van der Waals surface area contributed by atoms with Crippen LogP contribution in [0.5, 0.6) is 5.75 Å². The molecule has 0 N–H and O–H groups in total. The van der Waals surface area contributed by atoms with Crippen LogP contribution in [0.4, 0.5) is 13.2 Å². The van der Waals surface area contributed by atoms with Gasteiger partial charge in [-0.15, -0.1) is 13.2 Å². The molecule has 6 heteroatoms. The first kappa shape index (κ1) is 15.9. The number of alkyl halides is 3. The van der Waals surface area contributed by atoms with E-state index in [1.54, 1.807) is 24.5 Å². The van der Waals surface area contributed by atoms with Gasteiger partial charge in [0.25, 0.3) is 0 Å². The Labute approximate surface area is 125 Å². The fourth-order valence-corrected chi connectivity index (χ4v) is 1.75. The Morgan fingerprint density at radius 1 is 1.18 bits per heavy atom. The first-order valence-electron chi connectivity index (χ1n) is 6.51. The Morgan fingerprint density at radius 3 is 2.50 bits per heavy atom. The van der Waals surface area contributed by atoms with E-state index in [0.29, 0.717) is 18.4 Å². The number of benzene rings is 1. The zero-order chi connectivity index (χ0) is 16.0. The fourth-order valence-electron chi connectivity index (χ4n) is 1.75. The number of aryl methyl sites for hydroxylation is 1. The molecule has 0 aliphatic heterocycles. The van der Waals surface area contributed by atoms with Crippen molar-refractivity contribution in [3.8, 4) is 5.75 Å². The molecule has 3 nitrogen and oxygen atoms in total. The van der Waals surface area contributed by atoms with E-state index in [4.69, 9.17) is 4.42 Å². The number of hydrogen-bond acceptors (Lipinski definition) is 3. The van der Waals surface area contributed by atoms with E-state index < -0.39 is 6.36 Å². The first-order chi connectivity index (χ1) is 10.4. The smallest absolute Gasteiger partial charge is 0.469 e. The highest BCUT2D eigenvalue weighted by molar-refractivity contribution is 5.93. The summed E-state index contributed by atoms with van der Waals surface area (Å²) >= 11 is 0. The summed E-state index contributed by atoms with van der Waals surface area (Å²) in [4.78, 5) is 11.7. The molecule has 0 spiro atoms. The van der Waals surface area contributed by atoms with Gasteiger partial charge in [-0.2, -0.15) is 0 Å². The molecule has 1 aromatic heterocycles. The van der Waals surface area contributed by atoms with Gasteiger partial charge in [0.1, 0.15) is 11.5 Å². The number of halogens is 3. The lowest BCUT2D eigenvalue weighted by molar-refractivity contribution is -0.274. The summed E-state index contributed by atoms with van der Waals surface area (Å²) < 4.78 is 44.9. The molecule has 1 heterocycles. The molecule has 0 saturated heterocycles. The Kier molecular flexibility index (Phi) is 5.04. The summed E-state index contributed by atoms with van der Waals surface area (Å²) in [6.07, 6.45) is 0.581. The molecule has 0 bridgehead atoms. The van der Waals surface area contributed by atoms with E-state index in [1.807, 2.05) is 0 Å². The molecular weight excluding hydrogens is 297 g/mol. The van der Waals surface area contributed by atoms with Crippen LogP contribution < -0.4 is 4.74 Å². The zero-order valence-corrected chi connectivity index (χ0v) is 11.5. The van der Waals surface area contributed by atoms with Gasteiger partial charge in [-0.05, 0) is 35.9 Å². The first-order valence-corrected chi connectivity index (χ1v) is 6.51. The quantitative estimate of drug-likeness (QED) is 0.743. The zero-order valence-electron chi connectivity index (χ0n) is 11.5. The summed E-state index contributed by atoms with van der Waals surface area (Å²) in [6, 6.07) is 8.81. The van der Waals surface area contributed by atoms with Gasteiger partial charge in [0.2, 0.25) is 0 Å². The molecule has 0 aliphatic carbocycles. The van der Waals surface area contributed by atoms with Crippen molar-refractivity contribution in [2.24, 2.45) is 0 Å². The van der Waals surface area contributed by atoms with Gasteiger partial charge in [-0.3, -0.25) is 4.79 Å². The summed E-state index contributed by atoms with van der Waals surface area (Å²) in [6.45, 7) is 0. The summed E-state index contributed by atoms with van der Waals surface area (Å²) in [7, 11) is 0. The Hall–Kier alpha value is -2.50. The Balaban J connectivity index is 1.85. The van der Waals surface area contributed by atoms with E-state index in [9.17, 15) is 18.0 Å². The summed E-state index contributed by atoms with van der Waals surface area (Å²) in [5, 5.41) is 0. The normalized spacial score (nSPS) is 11.8. The minimum atomic E-state index is -4.71. The van der Waals surface area contributed by atoms with Gasteiger partial charge in [-0.25, -0.2) is 0 Å². The number of carbonyl (C=O) groups excluding carboxylic acids is 1. The average molecular weight is 310 g/mol. The molecule has 0 unspecified atom stereocenters. The summed E-state index contributed by atoms with van der Waals surface area (Å²) in [5.74, 6) is 0.344. The third-order valence-electron chi connectivity index (χ3n) is 2.77. The summed E-state index contributed by atoms with van der Waals surface area (Å²) in [5.41, 5.74) is 0.612. The van der Waals surface area contributed by atoms with Crippen molar-refractivity contribution in [3.63, 3.8) is 0 Å². The maximum Gasteiger partial charge on any atom is 0.573 e. The van der Waals surface area contributed by atoms with Crippen molar-refractivity contribution in [3.05, 3.63) is 60.1 Å². The van der Waals surface area contributed by atoms with Gasteiger partial charge < -0.3 is 9.15 Å². The third-order valence-corrected chi connectivity index (χ3v) is 2.77. The molecule has 2 rings (SSSR count). The third kappa shape index (κ3) is 5.47. The number of furan rings is 1. The molecule has 0 radical (unpaired) electrons. The predicted molar refractivity (Wildman–Crippen MR) is 74.2 cm³/mol. The second-order valence-electron chi connectivity index (χ2n) is 4.50. The van der Waals surface area contributed by atoms with E-state index in [1.165, 1.54) is 30.3 Å². The van der Waals surface area contributed by atoms with Gasteiger partial charge in [-0.1, -0.05) is 18.2 Å². The second kappa shape index (κ2) is 6.98. The number of ketones is 1. The van der Waals surface area contributed by atoms with Crippen LogP contribution in [0.1, 0.15) is 17.7 Å². The minimum Gasteiger partial charge on any atom is -0.469 e. The van der Waals surface area contributed by atoms with Crippen LogP contribution in [0.3, 0.4) is 0 Å². The van der Waals surface area contributed by atoms with Crippen LogP contribution in [0, 0.1) is 0 Å². The lowest BCUT2D eigenvalue weighted by Gasteiger charge is -2.08. The Bertz CT molecular complexity index is 626. The average Bonchev–Trinajstić information content (AvgIpc) is 2.96. The second-order valence-corrected chi connectivity index (χ2v) is 4.50. The predicted octanol–water partition coefficient (Wildman–Crippen LogP) is 4.39. The monoisotopic (exact) mass is 310 g/mol. The van der Waals surface area contributed by atoms with E-state index >= 15 is 0 Å². The molecule has 0 amide bonds. The van der Waals surface area contributed by atoms with Gasteiger partial charge in [0.05, 0.1) is 6.26 Å². The van der Waals surface area contributed by atoms with Crippen molar-refractivity contribution in [2.75, 3.05) is 0 Å².